The lowest BCUT2D eigenvalue weighted by molar-refractivity contribution is 0.000520. The third-order valence-corrected chi connectivity index (χ3v) is 3.77. The molecular weight excluding hydrogens is 230 g/mol. The van der Waals surface area contributed by atoms with Crippen molar-refractivity contribution < 1.29 is 9.84 Å². The van der Waals surface area contributed by atoms with Crippen molar-refractivity contribution in [1.82, 2.24) is 4.90 Å². The molecule has 98 valence electrons. The second-order valence-electron chi connectivity index (χ2n) is 5.01. The topological polar surface area (TPSA) is 62.0 Å². The van der Waals surface area contributed by atoms with Gasteiger partial charge in [0.25, 0.3) is 0 Å². The lowest BCUT2D eigenvalue weighted by Gasteiger charge is -2.46. The van der Waals surface area contributed by atoms with E-state index in [1.165, 1.54) is 0 Å². The van der Waals surface area contributed by atoms with Crippen molar-refractivity contribution in [2.24, 2.45) is 0 Å². The molecule has 0 radical (unpaired) electrons. The number of hydrogen-bond donors (Lipinski definition) is 2. The van der Waals surface area contributed by atoms with Gasteiger partial charge in [-0.15, -0.1) is 0 Å². The first kappa shape index (κ1) is 11.6. The molecule has 2 aliphatic rings. The number of ether oxygens (including phenoxy) is 1. The molecule has 1 fully saturated rings. The predicted molar refractivity (Wildman–Crippen MR) is 70.7 cm³/mol. The monoisotopic (exact) mass is 249 g/mol. The molecule has 3 N–H and O–H groups in total. The largest absolute Gasteiger partial charge is 0.489 e. The summed E-state index contributed by atoms with van der Waals surface area (Å²) in [6, 6.07) is 6.12. The highest BCUT2D eigenvalue weighted by atomic mass is 16.5. The van der Waals surface area contributed by atoms with Crippen molar-refractivity contribution in [3.63, 3.8) is 0 Å². The molecule has 1 aromatic carbocycles. The molecule has 0 aromatic heterocycles. The van der Waals surface area contributed by atoms with Gasteiger partial charge >= 0.3 is 0 Å². The van der Waals surface area contributed by atoms with Crippen LogP contribution >= 0.6 is 0 Å². The minimum absolute atomic E-state index is 0.310. The molecule has 0 amide bonds. The van der Waals surface area contributed by atoms with Crippen LogP contribution in [-0.2, 0) is 0 Å². The number of hydrogen-bond acceptors (Lipinski definition) is 5. The molecule has 1 unspecified atom stereocenters. The molecule has 18 heavy (non-hydrogen) atoms. The molecular formula is C13H19N3O2. The van der Waals surface area contributed by atoms with Crippen molar-refractivity contribution in [2.45, 2.75) is 19.2 Å². The standard InChI is InChI=1S/C13H19N3O2/c1-9(17)15-4-5-16-11(7-15)8-18-13-6-10(14)2-3-12(13)16/h2-3,6,9,11,17H,4-5,7-8,14H2,1H3/t9?,11-/m1/s1. The zero-order valence-electron chi connectivity index (χ0n) is 10.5. The van der Waals surface area contributed by atoms with E-state index in [1.807, 2.05) is 25.1 Å². The highest BCUT2D eigenvalue weighted by molar-refractivity contribution is 5.66. The van der Waals surface area contributed by atoms with Crippen molar-refractivity contribution >= 4 is 11.4 Å². The second-order valence-corrected chi connectivity index (χ2v) is 5.01. The smallest absolute Gasteiger partial charge is 0.144 e. The molecule has 2 atom stereocenters. The van der Waals surface area contributed by atoms with Gasteiger partial charge in [-0.05, 0) is 19.1 Å². The number of aliphatic hydroxyl groups is 1. The summed E-state index contributed by atoms with van der Waals surface area (Å²) in [5.74, 6) is 0.872. The average Bonchev–Trinajstić information content (AvgIpc) is 2.37. The normalized spacial score (nSPS) is 25.0. The summed E-state index contributed by atoms with van der Waals surface area (Å²) in [5.41, 5.74) is 7.62. The maximum absolute atomic E-state index is 9.65. The minimum Gasteiger partial charge on any atom is -0.489 e. The molecule has 0 aliphatic carbocycles. The van der Waals surface area contributed by atoms with E-state index < -0.39 is 0 Å². The highest BCUT2D eigenvalue weighted by Crippen LogP contribution is 2.36. The van der Waals surface area contributed by atoms with Crippen LogP contribution in [0.5, 0.6) is 5.75 Å². The van der Waals surface area contributed by atoms with Gasteiger partial charge in [0.05, 0.1) is 11.7 Å². The predicted octanol–water partition coefficient (Wildman–Crippen LogP) is 0.490. The Morgan fingerprint density at radius 2 is 2.28 bits per heavy atom. The number of anilines is 2. The van der Waals surface area contributed by atoms with Crippen LogP contribution in [0.3, 0.4) is 0 Å². The quantitative estimate of drug-likeness (QED) is 0.709. The van der Waals surface area contributed by atoms with Crippen molar-refractivity contribution in [1.29, 1.82) is 0 Å². The van der Waals surface area contributed by atoms with Crippen molar-refractivity contribution in [3.05, 3.63) is 18.2 Å². The van der Waals surface area contributed by atoms with Crippen LogP contribution in [0.2, 0.25) is 0 Å². The first-order valence-corrected chi connectivity index (χ1v) is 6.36. The maximum atomic E-state index is 9.65. The van der Waals surface area contributed by atoms with E-state index in [0.29, 0.717) is 12.6 Å². The fraction of sp³-hybridized carbons (Fsp3) is 0.538. The third-order valence-electron chi connectivity index (χ3n) is 3.77. The molecule has 1 saturated heterocycles. The first-order valence-electron chi connectivity index (χ1n) is 6.36. The third kappa shape index (κ3) is 1.89. The van der Waals surface area contributed by atoms with Gasteiger partial charge in [-0.3, -0.25) is 4.90 Å². The van der Waals surface area contributed by atoms with Crippen LogP contribution in [0.15, 0.2) is 18.2 Å². The Balaban J connectivity index is 1.84. The zero-order valence-corrected chi connectivity index (χ0v) is 10.5. The number of benzene rings is 1. The molecule has 1 aromatic rings. The number of nitrogens with zero attached hydrogens (tertiary/aromatic N) is 2. The number of nitrogens with two attached hydrogens (primary N) is 1. The fourth-order valence-electron chi connectivity index (χ4n) is 2.75. The summed E-state index contributed by atoms with van der Waals surface area (Å²) in [6.07, 6.45) is -0.389. The lowest BCUT2D eigenvalue weighted by Crippen LogP contribution is -2.58. The Morgan fingerprint density at radius 1 is 1.44 bits per heavy atom. The van der Waals surface area contributed by atoms with Gasteiger partial charge in [-0.1, -0.05) is 0 Å². The lowest BCUT2D eigenvalue weighted by atomic mass is 10.1. The molecule has 5 nitrogen and oxygen atoms in total. The molecule has 0 saturated carbocycles. The van der Waals surface area contributed by atoms with E-state index in [1.54, 1.807) is 0 Å². The Hall–Kier alpha value is -1.46. The Labute approximate surface area is 107 Å². The summed E-state index contributed by atoms with van der Waals surface area (Å²) in [4.78, 5) is 4.43. The Bertz CT molecular complexity index is 450. The van der Waals surface area contributed by atoms with E-state index in [-0.39, 0.29) is 6.23 Å². The van der Waals surface area contributed by atoms with Gasteiger partial charge in [-0.25, -0.2) is 0 Å². The summed E-state index contributed by atoms with van der Waals surface area (Å²) in [7, 11) is 0. The maximum Gasteiger partial charge on any atom is 0.144 e. The SMILES string of the molecule is CC(O)N1CCN2c3ccc(N)cc3OC[C@H]2C1. The number of nitrogen functional groups attached to an aromatic ring is 1. The van der Waals surface area contributed by atoms with Crippen LogP contribution in [-0.4, -0.2) is 48.5 Å². The Kier molecular flexibility index (Phi) is 2.80. The van der Waals surface area contributed by atoms with Crippen LogP contribution in [0.1, 0.15) is 6.92 Å². The van der Waals surface area contributed by atoms with Crippen LogP contribution in [0.25, 0.3) is 0 Å². The van der Waals surface area contributed by atoms with Gasteiger partial charge in [0, 0.05) is 31.4 Å². The van der Waals surface area contributed by atoms with Crippen LogP contribution < -0.4 is 15.4 Å². The van der Waals surface area contributed by atoms with E-state index in [4.69, 9.17) is 10.5 Å². The second kappa shape index (κ2) is 4.33. The highest BCUT2D eigenvalue weighted by Gasteiger charge is 2.33. The molecule has 2 heterocycles. The van der Waals surface area contributed by atoms with Crippen LogP contribution in [0.4, 0.5) is 11.4 Å². The van der Waals surface area contributed by atoms with E-state index in [9.17, 15) is 5.11 Å². The average molecular weight is 249 g/mol. The first-order chi connectivity index (χ1) is 8.65. The fourth-order valence-corrected chi connectivity index (χ4v) is 2.75. The summed E-state index contributed by atoms with van der Waals surface area (Å²) < 4.78 is 5.77. The molecule has 3 rings (SSSR count). The van der Waals surface area contributed by atoms with E-state index in [0.717, 1.165) is 36.8 Å². The number of piperazine rings is 1. The summed E-state index contributed by atoms with van der Waals surface area (Å²) in [6.45, 7) is 5.09. The van der Waals surface area contributed by atoms with Gasteiger partial charge in [0.15, 0.2) is 0 Å². The zero-order chi connectivity index (χ0) is 12.7. The van der Waals surface area contributed by atoms with Gasteiger partial charge in [0.2, 0.25) is 0 Å². The van der Waals surface area contributed by atoms with E-state index >= 15 is 0 Å². The van der Waals surface area contributed by atoms with E-state index in [2.05, 4.69) is 9.80 Å². The van der Waals surface area contributed by atoms with Gasteiger partial charge in [0.1, 0.15) is 18.6 Å². The number of fused-ring (bicyclic) bond motifs is 3. The number of aliphatic hydroxyl groups excluding tert-OH is 1. The van der Waals surface area contributed by atoms with Crippen molar-refractivity contribution in [3.8, 4) is 5.75 Å². The van der Waals surface area contributed by atoms with Crippen LogP contribution in [0, 0.1) is 0 Å². The summed E-state index contributed by atoms with van der Waals surface area (Å²) in [5, 5.41) is 9.65. The van der Waals surface area contributed by atoms with Gasteiger partial charge < -0.3 is 20.5 Å². The molecule has 2 aliphatic heterocycles. The van der Waals surface area contributed by atoms with Gasteiger partial charge in [-0.2, -0.15) is 0 Å². The number of rotatable bonds is 1. The molecule has 0 spiro atoms. The minimum atomic E-state index is -0.389. The summed E-state index contributed by atoms with van der Waals surface area (Å²) >= 11 is 0. The van der Waals surface area contributed by atoms with Crippen molar-refractivity contribution in [2.75, 3.05) is 36.9 Å². The Morgan fingerprint density at radius 3 is 3.06 bits per heavy atom. The molecule has 0 bridgehead atoms. The molecule has 5 heteroatoms.